The highest BCUT2D eigenvalue weighted by Gasteiger charge is 1.99. The molecule has 0 aliphatic rings. The Balaban J connectivity index is -0.000000364. The van der Waals surface area contributed by atoms with Crippen LogP contribution in [0.3, 0.4) is 0 Å². The Kier molecular flexibility index (Phi) is 29.2. The smallest absolute Gasteiger partial charge is 0.305 e. The molecule has 0 spiro atoms. The quantitative estimate of drug-likeness (QED) is 0.273. The minimum absolute atomic E-state index is 0.0593. The van der Waals surface area contributed by atoms with E-state index in [4.69, 9.17) is 19.7 Å². The number of rotatable bonds is 15. The molecule has 0 aromatic rings. The molecule has 0 rings (SSSR count). The van der Waals surface area contributed by atoms with Crippen LogP contribution in [-0.4, -0.2) is 47.3 Å². The van der Waals surface area contributed by atoms with Crippen LogP contribution >= 0.6 is 0 Å². The predicted octanol–water partition coefficient (Wildman–Crippen LogP) is 4.98. The standard InChI is InChI=1S/2C8H16O2.C6H10O4/c2*1-3-5-7-10-8(9)6-4-2;7-5(8)3-1-2-4-6(9)10/h2*3-7H2,1-2H3;1-4H2,(H,7,8)(H,9,10). The third kappa shape index (κ3) is 36.7. The first-order valence-electron chi connectivity index (χ1n) is 11.0. The number of carbonyl (C=O) groups is 4. The van der Waals surface area contributed by atoms with Gasteiger partial charge in [0.25, 0.3) is 0 Å². The number of esters is 2. The average molecular weight is 435 g/mol. The van der Waals surface area contributed by atoms with Gasteiger partial charge in [-0.3, -0.25) is 19.2 Å². The molecule has 0 bridgehead atoms. The van der Waals surface area contributed by atoms with Crippen molar-refractivity contribution >= 4 is 23.9 Å². The Morgan fingerprint density at radius 1 is 0.533 bits per heavy atom. The number of ether oxygens (including phenoxy) is 2. The van der Waals surface area contributed by atoms with Crippen molar-refractivity contribution in [3.63, 3.8) is 0 Å². The van der Waals surface area contributed by atoms with Crippen molar-refractivity contribution in [3.8, 4) is 0 Å². The molecule has 0 saturated heterocycles. The van der Waals surface area contributed by atoms with E-state index in [9.17, 15) is 19.2 Å². The highest BCUT2D eigenvalue weighted by molar-refractivity contribution is 5.69. The zero-order valence-electron chi connectivity index (χ0n) is 19.2. The predicted molar refractivity (Wildman–Crippen MR) is 115 cm³/mol. The van der Waals surface area contributed by atoms with E-state index in [0.29, 0.717) is 38.9 Å². The van der Waals surface area contributed by atoms with Crippen LogP contribution in [0.2, 0.25) is 0 Å². The lowest BCUT2D eigenvalue weighted by molar-refractivity contribution is -0.144. The van der Waals surface area contributed by atoms with Crippen molar-refractivity contribution in [2.75, 3.05) is 13.2 Å². The summed E-state index contributed by atoms with van der Waals surface area (Å²) in [5.74, 6) is -1.86. The highest BCUT2D eigenvalue weighted by Crippen LogP contribution is 1.99. The first-order valence-corrected chi connectivity index (χ1v) is 11.0. The monoisotopic (exact) mass is 434 g/mol. The second-order valence-corrected chi connectivity index (χ2v) is 6.64. The van der Waals surface area contributed by atoms with Gasteiger partial charge in [-0.05, 0) is 38.5 Å². The maximum absolute atomic E-state index is 10.7. The molecule has 0 fully saturated rings. The van der Waals surface area contributed by atoms with Gasteiger partial charge >= 0.3 is 23.9 Å². The van der Waals surface area contributed by atoms with Gasteiger partial charge < -0.3 is 19.7 Å². The Labute approximate surface area is 181 Å². The summed E-state index contributed by atoms with van der Waals surface area (Å²) in [5, 5.41) is 16.3. The fourth-order valence-corrected chi connectivity index (χ4v) is 1.77. The van der Waals surface area contributed by atoms with E-state index in [-0.39, 0.29) is 24.8 Å². The van der Waals surface area contributed by atoms with Crippen LogP contribution < -0.4 is 0 Å². The summed E-state index contributed by atoms with van der Waals surface area (Å²) in [5.41, 5.74) is 0. The van der Waals surface area contributed by atoms with Crippen molar-refractivity contribution in [1.29, 1.82) is 0 Å². The summed E-state index contributed by atoms with van der Waals surface area (Å²) in [6, 6.07) is 0. The Morgan fingerprint density at radius 3 is 1.10 bits per heavy atom. The molecule has 8 nitrogen and oxygen atoms in total. The number of aliphatic carboxylic acids is 2. The minimum Gasteiger partial charge on any atom is -0.481 e. The van der Waals surface area contributed by atoms with Gasteiger partial charge in [0, 0.05) is 25.7 Å². The molecule has 0 aromatic carbocycles. The van der Waals surface area contributed by atoms with Crippen LogP contribution in [-0.2, 0) is 28.7 Å². The molecule has 2 N–H and O–H groups in total. The second kappa shape index (κ2) is 26.9. The topological polar surface area (TPSA) is 127 Å². The lowest BCUT2D eigenvalue weighted by Gasteiger charge is -2.00. The zero-order valence-corrected chi connectivity index (χ0v) is 19.2. The maximum atomic E-state index is 10.7. The third-order valence-corrected chi connectivity index (χ3v) is 3.46. The fraction of sp³-hybridized carbons (Fsp3) is 0.818. The summed E-state index contributed by atoms with van der Waals surface area (Å²) in [6.07, 6.45) is 8.02. The lowest BCUT2D eigenvalue weighted by Crippen LogP contribution is -2.04. The normalized spacial score (nSPS) is 9.33. The van der Waals surface area contributed by atoms with Crippen molar-refractivity contribution < 1.29 is 38.9 Å². The number of carboxylic acid groups (broad SMARTS) is 2. The number of carboxylic acids is 2. The number of unbranched alkanes of at least 4 members (excludes halogenated alkanes) is 3. The van der Waals surface area contributed by atoms with E-state index < -0.39 is 11.9 Å². The first kappa shape index (κ1) is 32.5. The van der Waals surface area contributed by atoms with Crippen LogP contribution in [0.25, 0.3) is 0 Å². The average Bonchev–Trinajstić information content (AvgIpc) is 2.67. The number of hydrogen-bond donors (Lipinski definition) is 2. The molecule has 0 aliphatic carbocycles. The Morgan fingerprint density at radius 2 is 0.867 bits per heavy atom. The number of hydrogen-bond acceptors (Lipinski definition) is 6. The SMILES string of the molecule is CCCCOC(=O)CCC.CCCCOC(=O)CCC.O=C(O)CCCCC(=O)O. The number of carbonyl (C=O) groups excluding carboxylic acids is 2. The van der Waals surface area contributed by atoms with E-state index in [1.165, 1.54) is 0 Å². The van der Waals surface area contributed by atoms with Crippen LogP contribution in [0.4, 0.5) is 0 Å². The molecular formula is C22H42O8. The van der Waals surface area contributed by atoms with E-state index in [0.717, 1.165) is 38.5 Å². The van der Waals surface area contributed by atoms with Gasteiger partial charge in [0.15, 0.2) is 0 Å². The molecule has 178 valence electrons. The second-order valence-electron chi connectivity index (χ2n) is 6.64. The summed E-state index contributed by atoms with van der Waals surface area (Å²) >= 11 is 0. The fourth-order valence-electron chi connectivity index (χ4n) is 1.77. The molecule has 0 aliphatic heterocycles. The summed E-state index contributed by atoms with van der Waals surface area (Å²) < 4.78 is 9.77. The third-order valence-electron chi connectivity index (χ3n) is 3.46. The summed E-state index contributed by atoms with van der Waals surface area (Å²) in [6.45, 7) is 9.29. The van der Waals surface area contributed by atoms with Gasteiger partial charge in [-0.1, -0.05) is 40.5 Å². The van der Waals surface area contributed by atoms with Gasteiger partial charge in [0.2, 0.25) is 0 Å². The van der Waals surface area contributed by atoms with E-state index >= 15 is 0 Å². The lowest BCUT2D eigenvalue weighted by atomic mass is 10.2. The molecular weight excluding hydrogens is 392 g/mol. The van der Waals surface area contributed by atoms with Crippen molar-refractivity contribution in [3.05, 3.63) is 0 Å². The first-order chi connectivity index (χ1) is 14.2. The molecule has 0 aromatic heterocycles. The molecule has 0 saturated carbocycles. The highest BCUT2D eigenvalue weighted by atomic mass is 16.5. The zero-order chi connectivity index (χ0) is 23.6. The van der Waals surface area contributed by atoms with Gasteiger partial charge in [0.1, 0.15) is 0 Å². The van der Waals surface area contributed by atoms with Gasteiger partial charge in [-0.25, -0.2) is 0 Å². The molecule has 0 radical (unpaired) electrons. The summed E-state index contributed by atoms with van der Waals surface area (Å²) in [7, 11) is 0. The van der Waals surface area contributed by atoms with Crippen LogP contribution in [0.15, 0.2) is 0 Å². The molecule has 0 atom stereocenters. The van der Waals surface area contributed by atoms with Gasteiger partial charge in [0.05, 0.1) is 13.2 Å². The van der Waals surface area contributed by atoms with E-state index in [2.05, 4.69) is 13.8 Å². The molecule has 8 heteroatoms. The Hall–Kier alpha value is -2.12. The van der Waals surface area contributed by atoms with Crippen molar-refractivity contribution in [2.45, 2.75) is 105 Å². The summed E-state index contributed by atoms with van der Waals surface area (Å²) in [4.78, 5) is 41.2. The van der Waals surface area contributed by atoms with E-state index in [1.54, 1.807) is 0 Å². The molecule has 0 heterocycles. The van der Waals surface area contributed by atoms with Crippen LogP contribution in [0.1, 0.15) is 105 Å². The Bertz CT molecular complexity index is 395. The van der Waals surface area contributed by atoms with Crippen molar-refractivity contribution in [1.82, 2.24) is 0 Å². The van der Waals surface area contributed by atoms with Crippen molar-refractivity contribution in [2.24, 2.45) is 0 Å². The largest absolute Gasteiger partial charge is 0.481 e. The molecule has 30 heavy (non-hydrogen) atoms. The maximum Gasteiger partial charge on any atom is 0.305 e. The van der Waals surface area contributed by atoms with E-state index in [1.807, 2.05) is 13.8 Å². The van der Waals surface area contributed by atoms with Crippen LogP contribution in [0, 0.1) is 0 Å². The van der Waals surface area contributed by atoms with Crippen LogP contribution in [0.5, 0.6) is 0 Å². The minimum atomic E-state index is -0.870. The van der Waals surface area contributed by atoms with Gasteiger partial charge in [-0.2, -0.15) is 0 Å². The molecule has 0 amide bonds. The molecule has 0 unspecified atom stereocenters. The van der Waals surface area contributed by atoms with Gasteiger partial charge in [-0.15, -0.1) is 0 Å².